The molecule has 28 heavy (non-hydrogen) atoms. The maximum absolute atomic E-state index is 7.00. The Bertz CT molecular complexity index is 365. The molecule has 0 bridgehead atoms. The SMILES string of the molecule is CO.CO.[C-]1=CC=CC1.[C-]1=CC=CC1.[C-]1=CC=CC1.[C-]1=CC=CC1.[Cl][Ti][Cl].[Ti+2]. The van der Waals surface area contributed by atoms with Gasteiger partial charge in [0.05, 0.1) is 0 Å². The average Bonchev–Trinajstić information content (AvgIpc) is 3.58. The molecule has 0 radical (unpaired) electrons. The molecular formula is C22H28Cl2O2Ti2-2. The molecule has 0 saturated carbocycles. The van der Waals surface area contributed by atoms with Crippen molar-refractivity contribution in [1.82, 2.24) is 0 Å². The second kappa shape index (κ2) is 41.3. The van der Waals surface area contributed by atoms with Crippen LogP contribution in [-0.4, -0.2) is 24.4 Å². The number of hydrogen-bond acceptors (Lipinski definition) is 2. The first-order valence-corrected chi connectivity index (χ1v) is 12.4. The van der Waals surface area contributed by atoms with Crippen molar-refractivity contribution in [3.8, 4) is 0 Å². The summed E-state index contributed by atoms with van der Waals surface area (Å²) < 4.78 is 0. The molecule has 0 aromatic heterocycles. The maximum atomic E-state index is 7.00. The standard InChI is InChI=1S/4C5H5.2CH4O.2ClH.2Ti/c4*1-2-4-5-3-1;2*1-2;;;;/h4*1-3H,4H2;2*2H,1H3;2*1H;;/q4*-1;;;;;2*+2/p-2. The summed E-state index contributed by atoms with van der Waals surface area (Å²) in [6.45, 7) is 0. The Labute approximate surface area is 203 Å². The minimum Gasteiger partial charge on any atom is 2.00 e. The van der Waals surface area contributed by atoms with Crippen LogP contribution in [0.3, 0.4) is 0 Å². The fraction of sp³-hybridized carbons (Fsp3) is 0.273. The largest absolute Gasteiger partial charge is 2.00 e. The van der Waals surface area contributed by atoms with Gasteiger partial charge in [-0.2, -0.15) is 24.3 Å². The number of rotatable bonds is 0. The van der Waals surface area contributed by atoms with Crippen LogP contribution in [0.2, 0.25) is 0 Å². The molecule has 0 saturated heterocycles. The van der Waals surface area contributed by atoms with Gasteiger partial charge in [-0.25, -0.2) is 48.6 Å². The van der Waals surface area contributed by atoms with Gasteiger partial charge < -0.3 is 10.2 Å². The summed E-state index contributed by atoms with van der Waals surface area (Å²) in [5.41, 5.74) is 0. The van der Waals surface area contributed by atoms with Crippen LogP contribution in [0.25, 0.3) is 0 Å². The molecule has 0 unspecified atom stereocenters. The number of halogens is 2. The smallest absolute Gasteiger partial charge is 2.00 e. The van der Waals surface area contributed by atoms with E-state index in [0.717, 1.165) is 39.9 Å². The molecule has 0 amide bonds. The van der Waals surface area contributed by atoms with Crippen molar-refractivity contribution in [1.29, 1.82) is 0 Å². The molecule has 4 aliphatic rings. The van der Waals surface area contributed by atoms with E-state index in [1.54, 1.807) is 0 Å². The maximum Gasteiger partial charge on any atom is 2.00 e. The minimum atomic E-state index is -0.556. The summed E-state index contributed by atoms with van der Waals surface area (Å²) in [7, 11) is 11.8. The van der Waals surface area contributed by atoms with Gasteiger partial charge in [-0.3, -0.25) is 24.3 Å². The number of aliphatic hydroxyl groups excluding tert-OH is 2. The van der Waals surface area contributed by atoms with Crippen LogP contribution >= 0.6 is 18.6 Å². The van der Waals surface area contributed by atoms with Gasteiger partial charge in [0.1, 0.15) is 0 Å². The zero-order valence-corrected chi connectivity index (χ0v) is 21.0. The molecule has 0 atom stereocenters. The third kappa shape index (κ3) is 40.5. The van der Waals surface area contributed by atoms with Crippen LogP contribution in [0, 0.1) is 24.3 Å². The average molecular weight is 491 g/mol. The summed E-state index contributed by atoms with van der Waals surface area (Å²) in [4.78, 5) is 0. The monoisotopic (exact) mass is 490 g/mol. The summed E-state index contributed by atoms with van der Waals surface area (Å²) in [6, 6.07) is 0. The van der Waals surface area contributed by atoms with Gasteiger partial charge >= 0.3 is 57.4 Å². The van der Waals surface area contributed by atoms with E-state index in [1.165, 1.54) is 0 Å². The zero-order chi connectivity index (χ0) is 20.8. The van der Waals surface area contributed by atoms with Gasteiger partial charge in [0.25, 0.3) is 0 Å². The van der Waals surface area contributed by atoms with Crippen LogP contribution in [0.5, 0.6) is 0 Å². The molecule has 0 spiro atoms. The van der Waals surface area contributed by atoms with Crippen LogP contribution in [0.4, 0.5) is 0 Å². The van der Waals surface area contributed by atoms with Crippen molar-refractivity contribution < 1.29 is 49.0 Å². The van der Waals surface area contributed by atoms with Gasteiger partial charge in [-0.15, -0.1) is 25.7 Å². The van der Waals surface area contributed by atoms with Crippen molar-refractivity contribution in [3.63, 3.8) is 0 Å². The molecule has 2 N–H and O–H groups in total. The van der Waals surface area contributed by atoms with Crippen molar-refractivity contribution in [2.45, 2.75) is 25.7 Å². The molecule has 2 nitrogen and oxygen atoms in total. The van der Waals surface area contributed by atoms with Gasteiger partial charge in [-0.05, 0) is 0 Å². The first-order chi connectivity index (χ1) is 13.4. The predicted molar refractivity (Wildman–Crippen MR) is 114 cm³/mol. The van der Waals surface area contributed by atoms with E-state index < -0.39 is 17.0 Å². The van der Waals surface area contributed by atoms with Gasteiger partial charge in [0.2, 0.25) is 0 Å². The second-order valence-electron chi connectivity index (χ2n) is 4.08. The summed E-state index contributed by atoms with van der Waals surface area (Å²) >= 11 is -0.556. The Morgan fingerprint density at radius 2 is 0.750 bits per heavy atom. The van der Waals surface area contributed by atoms with E-state index in [0.29, 0.717) is 0 Å². The summed E-state index contributed by atoms with van der Waals surface area (Å²) in [6.07, 6.45) is 40.0. The van der Waals surface area contributed by atoms with Crippen molar-refractivity contribution >= 4 is 18.6 Å². The first kappa shape index (κ1) is 35.3. The topological polar surface area (TPSA) is 40.5 Å². The van der Waals surface area contributed by atoms with Crippen LogP contribution in [0.1, 0.15) is 25.7 Å². The third-order valence-electron chi connectivity index (χ3n) is 2.34. The van der Waals surface area contributed by atoms with Gasteiger partial charge in [-0.1, -0.05) is 0 Å². The van der Waals surface area contributed by atoms with Crippen molar-refractivity contribution in [3.05, 3.63) is 97.2 Å². The predicted octanol–water partition coefficient (Wildman–Crippen LogP) is 5.81. The molecule has 4 aliphatic carbocycles. The number of aliphatic hydroxyl groups is 2. The van der Waals surface area contributed by atoms with E-state index in [-0.39, 0.29) is 21.7 Å². The normalized spacial score (nSPS) is 13.5. The first-order valence-electron chi connectivity index (χ1n) is 8.14. The molecule has 4 rings (SSSR count). The Balaban J connectivity index is -0.000000123. The third-order valence-corrected chi connectivity index (χ3v) is 2.34. The van der Waals surface area contributed by atoms with Crippen molar-refractivity contribution in [2.24, 2.45) is 0 Å². The zero-order valence-electron chi connectivity index (χ0n) is 16.4. The van der Waals surface area contributed by atoms with Crippen LogP contribution in [0.15, 0.2) is 72.9 Å². The number of allylic oxidation sites excluding steroid dienone is 16. The summed E-state index contributed by atoms with van der Waals surface area (Å²) in [5.74, 6) is 0. The van der Waals surface area contributed by atoms with Crippen LogP contribution in [-0.2, 0) is 38.7 Å². The van der Waals surface area contributed by atoms with Crippen molar-refractivity contribution in [2.75, 3.05) is 14.2 Å². The Morgan fingerprint density at radius 1 is 0.571 bits per heavy atom. The van der Waals surface area contributed by atoms with E-state index in [2.05, 4.69) is 48.6 Å². The van der Waals surface area contributed by atoms with E-state index in [9.17, 15) is 0 Å². The number of hydrogen-bond donors (Lipinski definition) is 2. The molecule has 0 aliphatic heterocycles. The molecule has 0 fully saturated rings. The molecule has 152 valence electrons. The second-order valence-corrected chi connectivity index (χ2v) is 6.66. The van der Waals surface area contributed by atoms with E-state index >= 15 is 0 Å². The molecule has 0 heterocycles. The minimum absolute atomic E-state index is 0. The van der Waals surface area contributed by atoms with Gasteiger partial charge in [0.15, 0.2) is 0 Å². The summed E-state index contributed by atoms with van der Waals surface area (Å²) in [5, 5.41) is 14.0. The molecule has 0 aromatic carbocycles. The van der Waals surface area contributed by atoms with Gasteiger partial charge in [0, 0.05) is 14.2 Å². The fourth-order valence-corrected chi connectivity index (χ4v) is 1.36. The van der Waals surface area contributed by atoms with E-state index in [1.807, 2.05) is 48.6 Å². The quantitative estimate of drug-likeness (QED) is 0.332. The van der Waals surface area contributed by atoms with Crippen LogP contribution < -0.4 is 0 Å². The Hall–Kier alpha value is -0.151. The molecule has 0 aromatic rings. The Kier molecular flexibility index (Phi) is 52.0. The Morgan fingerprint density at radius 3 is 0.786 bits per heavy atom. The molecular weight excluding hydrogens is 463 g/mol. The fourth-order valence-electron chi connectivity index (χ4n) is 1.36. The molecule has 6 heteroatoms. The van der Waals surface area contributed by atoms with E-state index in [4.69, 9.17) is 28.8 Å².